The molecule has 37 heavy (non-hydrogen) atoms. The molecule has 0 spiro atoms. The van der Waals surface area contributed by atoms with Crippen molar-refractivity contribution >= 4 is 34.0 Å². The third-order valence-electron chi connectivity index (χ3n) is 8.14. The number of hydrogen-bond acceptors (Lipinski definition) is 7. The Balaban J connectivity index is 1.26. The summed E-state index contributed by atoms with van der Waals surface area (Å²) in [4.78, 5) is 22.2. The zero-order valence-corrected chi connectivity index (χ0v) is 21.9. The van der Waals surface area contributed by atoms with Crippen molar-refractivity contribution < 1.29 is 9.47 Å². The monoisotopic (exact) mass is 519 g/mol. The minimum Gasteiger partial charge on any atom is -0.454 e. The fraction of sp³-hybridized carbons (Fsp3) is 0.464. The normalized spacial score (nSPS) is 20.6. The van der Waals surface area contributed by atoms with Gasteiger partial charge in [-0.3, -0.25) is 4.79 Å². The van der Waals surface area contributed by atoms with Gasteiger partial charge in [-0.2, -0.15) is 5.26 Å². The summed E-state index contributed by atoms with van der Waals surface area (Å²) in [6.07, 6.45) is 6.54. The van der Waals surface area contributed by atoms with Gasteiger partial charge in [0.25, 0.3) is 5.56 Å². The summed E-state index contributed by atoms with van der Waals surface area (Å²) in [6, 6.07) is 12.5. The molecule has 0 unspecified atom stereocenters. The number of ether oxygens (including phenoxy) is 2. The molecule has 1 aliphatic heterocycles. The van der Waals surface area contributed by atoms with E-state index in [1.807, 2.05) is 13.1 Å². The SMILES string of the molecule is Cn1c(=O)c(C#N)c(N(C)[C@H]2CC[C@@H](N(CC3CC3)c3ccc4c(c3)OCO4)CC2)c2nc(Cl)ccc21. The van der Waals surface area contributed by atoms with Crippen molar-refractivity contribution in [3.8, 4) is 17.6 Å². The molecule has 8 nitrogen and oxygen atoms in total. The smallest absolute Gasteiger partial charge is 0.270 e. The van der Waals surface area contributed by atoms with Gasteiger partial charge in [0.15, 0.2) is 11.5 Å². The Labute approximate surface area is 221 Å². The highest BCUT2D eigenvalue weighted by molar-refractivity contribution is 6.29. The maximum Gasteiger partial charge on any atom is 0.270 e. The van der Waals surface area contributed by atoms with E-state index in [-0.39, 0.29) is 24.0 Å². The molecule has 0 saturated heterocycles. The molecule has 9 heteroatoms. The Kier molecular flexibility index (Phi) is 6.12. The summed E-state index contributed by atoms with van der Waals surface area (Å²) in [7, 11) is 3.64. The van der Waals surface area contributed by atoms with Crippen molar-refractivity contribution in [2.24, 2.45) is 13.0 Å². The second kappa shape index (κ2) is 9.46. The number of nitrogens with zero attached hydrogens (tertiary/aromatic N) is 5. The van der Waals surface area contributed by atoms with Crippen LogP contribution < -0.4 is 24.8 Å². The lowest BCUT2D eigenvalue weighted by atomic mass is 9.88. The third-order valence-corrected chi connectivity index (χ3v) is 8.35. The first kappa shape index (κ1) is 23.9. The topological polar surface area (TPSA) is 83.6 Å². The number of aromatic nitrogens is 2. The Morgan fingerprint density at radius 2 is 1.81 bits per heavy atom. The lowest BCUT2D eigenvalue weighted by molar-refractivity contribution is 0.174. The number of anilines is 2. The third kappa shape index (κ3) is 4.36. The molecule has 1 aromatic carbocycles. The minimum atomic E-state index is -0.312. The second-order valence-electron chi connectivity index (χ2n) is 10.4. The number of halogens is 1. The van der Waals surface area contributed by atoms with Crippen LogP contribution in [0, 0.1) is 17.2 Å². The molecule has 192 valence electrons. The highest BCUT2D eigenvalue weighted by atomic mass is 35.5. The standard InChI is InChI=1S/C28H30ClN5O3/c1-32(27-21(14-30)28(35)33(2)22-10-12-25(29)31-26(22)27)18-5-7-19(8-6-18)34(15-17-3-4-17)20-9-11-23-24(13-20)37-16-36-23/h9-13,17-19H,3-8,15-16H2,1-2H3/t18-,19+. The van der Waals surface area contributed by atoms with Gasteiger partial charge in [0, 0.05) is 44.5 Å². The molecule has 2 aliphatic carbocycles. The van der Waals surface area contributed by atoms with Gasteiger partial charge < -0.3 is 23.8 Å². The van der Waals surface area contributed by atoms with E-state index in [1.165, 1.54) is 23.1 Å². The van der Waals surface area contributed by atoms with Crippen molar-refractivity contribution in [2.45, 2.75) is 50.6 Å². The predicted molar refractivity (Wildman–Crippen MR) is 144 cm³/mol. The highest BCUT2D eigenvalue weighted by Gasteiger charge is 2.34. The van der Waals surface area contributed by atoms with Crippen LogP contribution in [0.4, 0.5) is 11.4 Å². The van der Waals surface area contributed by atoms with Gasteiger partial charge in [0.1, 0.15) is 22.3 Å². The molecule has 0 radical (unpaired) electrons. The molecule has 0 N–H and O–H groups in total. The maximum absolute atomic E-state index is 13.0. The van der Waals surface area contributed by atoms with Crippen LogP contribution in [-0.4, -0.2) is 42.0 Å². The maximum atomic E-state index is 13.0. The summed E-state index contributed by atoms with van der Waals surface area (Å²) >= 11 is 6.24. The minimum absolute atomic E-state index is 0.116. The molecule has 3 aliphatic rings. The number of pyridine rings is 2. The van der Waals surface area contributed by atoms with Crippen molar-refractivity contribution in [2.75, 3.05) is 30.2 Å². The quantitative estimate of drug-likeness (QED) is 0.430. The van der Waals surface area contributed by atoms with Crippen LogP contribution >= 0.6 is 11.6 Å². The number of nitriles is 1. The van der Waals surface area contributed by atoms with Crippen LogP contribution in [0.15, 0.2) is 35.1 Å². The fourth-order valence-electron chi connectivity index (χ4n) is 5.86. The van der Waals surface area contributed by atoms with E-state index in [2.05, 4.69) is 33.0 Å². The molecular weight excluding hydrogens is 490 g/mol. The highest BCUT2D eigenvalue weighted by Crippen LogP contribution is 2.41. The Bertz CT molecular complexity index is 1450. The number of hydrogen-bond donors (Lipinski definition) is 0. The Morgan fingerprint density at radius 1 is 1.08 bits per heavy atom. The van der Waals surface area contributed by atoms with Crippen molar-refractivity contribution in [3.05, 3.63) is 51.4 Å². The van der Waals surface area contributed by atoms with Crippen LogP contribution in [0.25, 0.3) is 11.0 Å². The van der Waals surface area contributed by atoms with Gasteiger partial charge in [-0.25, -0.2) is 4.98 Å². The first-order valence-electron chi connectivity index (χ1n) is 12.9. The molecule has 3 heterocycles. The molecular formula is C28H30ClN5O3. The van der Waals surface area contributed by atoms with E-state index < -0.39 is 0 Å². The second-order valence-corrected chi connectivity index (χ2v) is 10.8. The van der Waals surface area contributed by atoms with Gasteiger partial charge in [0.2, 0.25) is 6.79 Å². The zero-order valence-electron chi connectivity index (χ0n) is 21.1. The first-order chi connectivity index (χ1) is 17.9. The summed E-state index contributed by atoms with van der Waals surface area (Å²) in [6.45, 7) is 1.34. The average molecular weight is 520 g/mol. The van der Waals surface area contributed by atoms with Gasteiger partial charge in [-0.1, -0.05) is 11.6 Å². The largest absolute Gasteiger partial charge is 0.454 e. The van der Waals surface area contributed by atoms with Gasteiger partial charge in [-0.15, -0.1) is 0 Å². The van der Waals surface area contributed by atoms with Crippen LogP contribution in [0.3, 0.4) is 0 Å². The van der Waals surface area contributed by atoms with Gasteiger partial charge in [-0.05, 0) is 68.7 Å². The lowest BCUT2D eigenvalue weighted by Gasteiger charge is -2.41. The molecule has 0 atom stereocenters. The average Bonchev–Trinajstić information content (AvgIpc) is 3.62. The molecule has 2 fully saturated rings. The Hall–Kier alpha value is -3.44. The number of aryl methyl sites for hydroxylation is 1. The van der Waals surface area contributed by atoms with Crippen LogP contribution in [0.2, 0.25) is 5.15 Å². The summed E-state index contributed by atoms with van der Waals surface area (Å²) in [5.74, 6) is 2.38. The number of benzene rings is 1. The first-order valence-corrected chi connectivity index (χ1v) is 13.3. The van der Waals surface area contributed by atoms with Crippen LogP contribution in [0.1, 0.15) is 44.1 Å². The predicted octanol–water partition coefficient (Wildman–Crippen LogP) is 4.85. The van der Waals surface area contributed by atoms with Crippen molar-refractivity contribution in [1.82, 2.24) is 9.55 Å². The van der Waals surface area contributed by atoms with Crippen molar-refractivity contribution in [1.29, 1.82) is 5.26 Å². The molecule has 2 aromatic heterocycles. The number of rotatable bonds is 6. The van der Waals surface area contributed by atoms with Gasteiger partial charge in [0.05, 0.1) is 11.2 Å². The van der Waals surface area contributed by atoms with Crippen LogP contribution in [-0.2, 0) is 7.05 Å². The van der Waals surface area contributed by atoms with E-state index in [4.69, 9.17) is 21.1 Å². The van der Waals surface area contributed by atoms with E-state index in [0.717, 1.165) is 49.6 Å². The lowest BCUT2D eigenvalue weighted by Crippen LogP contribution is -2.44. The van der Waals surface area contributed by atoms with E-state index in [0.29, 0.717) is 27.9 Å². The van der Waals surface area contributed by atoms with Crippen molar-refractivity contribution in [3.63, 3.8) is 0 Å². The molecule has 6 rings (SSSR count). The van der Waals surface area contributed by atoms with E-state index >= 15 is 0 Å². The zero-order chi connectivity index (χ0) is 25.7. The molecule has 2 saturated carbocycles. The summed E-state index contributed by atoms with van der Waals surface area (Å²) in [5.41, 5.74) is 2.83. The summed E-state index contributed by atoms with van der Waals surface area (Å²) in [5, 5.41) is 10.3. The fourth-order valence-corrected chi connectivity index (χ4v) is 6.01. The summed E-state index contributed by atoms with van der Waals surface area (Å²) < 4.78 is 12.7. The van der Waals surface area contributed by atoms with Gasteiger partial charge >= 0.3 is 0 Å². The van der Waals surface area contributed by atoms with E-state index in [1.54, 1.807) is 19.2 Å². The molecule has 3 aromatic rings. The molecule has 0 bridgehead atoms. The van der Waals surface area contributed by atoms with E-state index in [9.17, 15) is 10.1 Å². The Morgan fingerprint density at radius 3 is 2.54 bits per heavy atom. The van der Waals surface area contributed by atoms with Crippen LogP contribution in [0.5, 0.6) is 11.5 Å². The molecule has 0 amide bonds. The number of fused-ring (bicyclic) bond motifs is 2.